The molecule has 7 nitrogen and oxygen atoms in total. The summed E-state index contributed by atoms with van der Waals surface area (Å²) in [7, 11) is 0. The van der Waals surface area contributed by atoms with Crippen LogP contribution in [0.4, 0.5) is 11.6 Å². The van der Waals surface area contributed by atoms with Crippen LogP contribution in [0.2, 0.25) is 0 Å². The Labute approximate surface area is 89.2 Å². The van der Waals surface area contributed by atoms with Crippen molar-refractivity contribution in [2.24, 2.45) is 0 Å². The lowest BCUT2D eigenvalue weighted by Crippen LogP contribution is -2.30. The Morgan fingerprint density at radius 3 is 2.93 bits per heavy atom. The third kappa shape index (κ3) is 2.16. The molecule has 0 radical (unpaired) electrons. The molecule has 0 amide bonds. The van der Waals surface area contributed by atoms with Crippen LogP contribution in [0.5, 0.6) is 0 Å². The summed E-state index contributed by atoms with van der Waals surface area (Å²) >= 11 is 1.30. The van der Waals surface area contributed by atoms with Crippen molar-refractivity contribution < 1.29 is 9.66 Å². The fourth-order valence-corrected chi connectivity index (χ4v) is 2.06. The van der Waals surface area contributed by atoms with Gasteiger partial charge in [-0.2, -0.15) is 4.98 Å². The maximum absolute atomic E-state index is 10.7. The highest BCUT2D eigenvalue weighted by molar-refractivity contribution is 8.00. The first kappa shape index (κ1) is 10.1. The average Bonchev–Trinajstić information content (AvgIpc) is 2.11. The van der Waals surface area contributed by atoms with Gasteiger partial charge in [0.15, 0.2) is 5.03 Å². The van der Waals surface area contributed by atoms with Gasteiger partial charge in [0.1, 0.15) is 6.20 Å². The topological polar surface area (TPSA) is 104 Å². The summed E-state index contributed by atoms with van der Waals surface area (Å²) in [5.41, 5.74) is 5.26. The second kappa shape index (κ2) is 3.99. The van der Waals surface area contributed by atoms with Crippen molar-refractivity contribution >= 4 is 23.4 Å². The summed E-state index contributed by atoms with van der Waals surface area (Å²) in [6.45, 7) is 1.18. The average molecular weight is 228 g/mol. The van der Waals surface area contributed by atoms with Gasteiger partial charge < -0.3 is 10.5 Å². The number of ether oxygens (including phenoxy) is 1. The van der Waals surface area contributed by atoms with Crippen LogP contribution >= 0.6 is 11.8 Å². The summed E-state index contributed by atoms with van der Waals surface area (Å²) in [4.78, 5) is 17.6. The number of aromatic nitrogens is 2. The monoisotopic (exact) mass is 228 g/mol. The first-order valence-electron chi connectivity index (χ1n) is 4.18. The van der Waals surface area contributed by atoms with Crippen LogP contribution in [-0.2, 0) is 4.74 Å². The number of nitrogens with two attached hydrogens (primary N) is 1. The maximum atomic E-state index is 10.7. The fraction of sp³-hybridized carbons (Fsp3) is 0.429. The van der Waals surface area contributed by atoms with Crippen molar-refractivity contribution in [2.75, 3.05) is 18.9 Å². The van der Waals surface area contributed by atoms with Gasteiger partial charge in [-0.1, -0.05) is 11.8 Å². The summed E-state index contributed by atoms with van der Waals surface area (Å²) < 4.78 is 4.97. The van der Waals surface area contributed by atoms with Crippen molar-refractivity contribution in [2.45, 2.75) is 10.3 Å². The number of nitrogen functional groups attached to an aromatic ring is 1. The molecule has 8 heteroatoms. The summed E-state index contributed by atoms with van der Waals surface area (Å²) in [6.07, 6.45) is 1.13. The zero-order chi connectivity index (χ0) is 10.8. The molecule has 1 aromatic heterocycles. The number of nitrogens with zero attached hydrogens (tertiary/aromatic N) is 3. The lowest BCUT2D eigenvalue weighted by molar-refractivity contribution is -0.388. The fourth-order valence-electron chi connectivity index (χ4n) is 1.02. The predicted molar refractivity (Wildman–Crippen MR) is 53.6 cm³/mol. The molecule has 0 aromatic carbocycles. The van der Waals surface area contributed by atoms with Crippen LogP contribution < -0.4 is 5.73 Å². The van der Waals surface area contributed by atoms with Gasteiger partial charge in [0.25, 0.3) is 0 Å². The van der Waals surface area contributed by atoms with Gasteiger partial charge in [-0.25, -0.2) is 4.98 Å². The second-order valence-corrected chi connectivity index (χ2v) is 4.24. The molecule has 80 valence electrons. The Morgan fingerprint density at radius 1 is 1.67 bits per heavy atom. The number of anilines is 1. The van der Waals surface area contributed by atoms with Crippen molar-refractivity contribution in [1.29, 1.82) is 0 Å². The van der Waals surface area contributed by atoms with E-state index in [1.807, 2.05) is 0 Å². The van der Waals surface area contributed by atoms with Gasteiger partial charge in [0.05, 0.1) is 23.4 Å². The Kier molecular flexibility index (Phi) is 2.69. The van der Waals surface area contributed by atoms with Crippen LogP contribution in [0, 0.1) is 10.1 Å². The highest BCUT2D eigenvalue weighted by atomic mass is 32.2. The molecule has 0 unspecified atom stereocenters. The van der Waals surface area contributed by atoms with E-state index >= 15 is 0 Å². The number of hydrogen-bond donors (Lipinski definition) is 1. The Hall–Kier alpha value is -1.41. The van der Waals surface area contributed by atoms with E-state index in [1.54, 1.807) is 0 Å². The van der Waals surface area contributed by atoms with E-state index in [1.165, 1.54) is 11.8 Å². The van der Waals surface area contributed by atoms with Gasteiger partial charge in [0, 0.05) is 0 Å². The molecule has 2 heterocycles. The number of hydrogen-bond acceptors (Lipinski definition) is 7. The highest BCUT2D eigenvalue weighted by Gasteiger charge is 2.25. The minimum atomic E-state index is -0.513. The van der Waals surface area contributed by atoms with Gasteiger partial charge in [-0.05, 0) is 0 Å². The van der Waals surface area contributed by atoms with E-state index in [2.05, 4.69) is 9.97 Å². The van der Waals surface area contributed by atoms with Gasteiger partial charge in [-0.15, -0.1) is 0 Å². The van der Waals surface area contributed by atoms with Crippen LogP contribution in [0.25, 0.3) is 0 Å². The van der Waals surface area contributed by atoms with Crippen molar-refractivity contribution in [3.8, 4) is 0 Å². The molecule has 0 atom stereocenters. The van der Waals surface area contributed by atoms with Crippen LogP contribution in [-0.4, -0.2) is 33.4 Å². The Morgan fingerprint density at radius 2 is 2.40 bits per heavy atom. The van der Waals surface area contributed by atoms with Gasteiger partial charge in [0.2, 0.25) is 5.95 Å². The molecule has 1 aliphatic heterocycles. The molecule has 0 saturated carbocycles. The van der Waals surface area contributed by atoms with Crippen molar-refractivity contribution in [3.63, 3.8) is 0 Å². The maximum Gasteiger partial charge on any atom is 0.319 e. The normalized spacial score (nSPS) is 16.0. The highest BCUT2D eigenvalue weighted by Crippen LogP contribution is 2.32. The number of nitro groups is 1. The minimum Gasteiger partial charge on any atom is -0.379 e. The SMILES string of the molecule is Nc1ncc([N+](=O)[O-])c(SC2COC2)n1. The Bertz CT molecular complexity index is 396. The summed E-state index contributed by atoms with van der Waals surface area (Å²) in [6, 6.07) is 0. The summed E-state index contributed by atoms with van der Waals surface area (Å²) in [5.74, 6) is 0.0448. The zero-order valence-electron chi connectivity index (χ0n) is 7.62. The quantitative estimate of drug-likeness (QED) is 0.455. The molecular formula is C7H8N4O3S. The third-order valence-electron chi connectivity index (χ3n) is 1.84. The lowest BCUT2D eigenvalue weighted by Gasteiger charge is -2.24. The first-order chi connectivity index (χ1) is 7.16. The van der Waals surface area contributed by atoms with Crippen molar-refractivity contribution in [1.82, 2.24) is 9.97 Å². The smallest absolute Gasteiger partial charge is 0.319 e. The third-order valence-corrected chi connectivity index (χ3v) is 2.97. The van der Waals surface area contributed by atoms with E-state index in [0.29, 0.717) is 18.2 Å². The lowest BCUT2D eigenvalue weighted by atomic mass is 10.4. The molecule has 2 rings (SSSR count). The van der Waals surface area contributed by atoms with E-state index < -0.39 is 4.92 Å². The second-order valence-electron chi connectivity index (χ2n) is 2.95. The number of rotatable bonds is 3. The molecule has 1 saturated heterocycles. The molecule has 1 aromatic rings. The molecule has 1 fully saturated rings. The van der Waals surface area contributed by atoms with Crippen molar-refractivity contribution in [3.05, 3.63) is 16.3 Å². The van der Waals surface area contributed by atoms with E-state index in [4.69, 9.17) is 10.5 Å². The molecule has 0 aliphatic carbocycles. The standard InChI is InChI=1S/C7H8N4O3S/c8-7-9-1-5(11(12)13)6(10-7)15-4-2-14-3-4/h1,4H,2-3H2,(H2,8,9,10). The van der Waals surface area contributed by atoms with Crippen LogP contribution in [0.15, 0.2) is 11.2 Å². The van der Waals surface area contributed by atoms with Gasteiger partial charge >= 0.3 is 5.69 Å². The molecule has 0 spiro atoms. The molecule has 1 aliphatic rings. The largest absolute Gasteiger partial charge is 0.379 e. The number of thioether (sulfide) groups is 1. The first-order valence-corrected chi connectivity index (χ1v) is 5.06. The van der Waals surface area contributed by atoms with E-state index in [-0.39, 0.29) is 16.9 Å². The molecular weight excluding hydrogens is 220 g/mol. The van der Waals surface area contributed by atoms with E-state index in [9.17, 15) is 10.1 Å². The van der Waals surface area contributed by atoms with Crippen LogP contribution in [0.3, 0.4) is 0 Å². The van der Waals surface area contributed by atoms with Crippen LogP contribution in [0.1, 0.15) is 0 Å². The van der Waals surface area contributed by atoms with Gasteiger partial charge in [-0.3, -0.25) is 10.1 Å². The minimum absolute atomic E-state index is 0.0448. The van der Waals surface area contributed by atoms with E-state index in [0.717, 1.165) is 6.20 Å². The molecule has 0 bridgehead atoms. The molecule has 15 heavy (non-hydrogen) atoms. The summed E-state index contributed by atoms with van der Waals surface area (Å²) in [5, 5.41) is 11.2. The molecule has 2 N–H and O–H groups in total. The zero-order valence-corrected chi connectivity index (χ0v) is 8.44. The predicted octanol–water partition coefficient (Wildman–Crippen LogP) is 0.458. The Balaban J connectivity index is 2.24.